The number of terminal acetylenes is 1. The summed E-state index contributed by atoms with van der Waals surface area (Å²) in [6.45, 7) is 0.404. The molecule has 0 unspecified atom stereocenters. The molecule has 1 aromatic rings. The van der Waals surface area contributed by atoms with Crippen molar-refractivity contribution in [1.29, 1.82) is 0 Å². The van der Waals surface area contributed by atoms with Crippen LogP contribution in [0.4, 0.5) is 5.69 Å². The van der Waals surface area contributed by atoms with Gasteiger partial charge in [0.2, 0.25) is 0 Å². The highest BCUT2D eigenvalue weighted by Crippen LogP contribution is 2.33. The maximum absolute atomic E-state index is 5.92. The van der Waals surface area contributed by atoms with Gasteiger partial charge in [-0.15, -0.1) is 6.42 Å². The van der Waals surface area contributed by atoms with Gasteiger partial charge in [-0.25, -0.2) is 0 Å². The van der Waals surface area contributed by atoms with E-state index in [1.807, 2.05) is 0 Å². The molecule has 0 saturated heterocycles. The summed E-state index contributed by atoms with van der Waals surface area (Å²) in [5, 5.41) is 4.04. The van der Waals surface area contributed by atoms with E-state index in [2.05, 4.69) is 27.2 Å². The lowest BCUT2D eigenvalue weighted by Gasteiger charge is -2.07. The summed E-state index contributed by atoms with van der Waals surface area (Å²) in [5.41, 5.74) is 0.671. The van der Waals surface area contributed by atoms with Gasteiger partial charge >= 0.3 is 0 Å². The Kier molecular flexibility index (Phi) is 3.92. The molecule has 1 nitrogen and oxygen atoms in total. The predicted molar refractivity (Wildman–Crippen MR) is 61.5 cm³/mol. The first-order chi connectivity index (χ1) is 6.15. The van der Waals surface area contributed by atoms with Crippen LogP contribution in [0.25, 0.3) is 0 Å². The molecule has 4 heteroatoms. The second kappa shape index (κ2) is 4.76. The largest absolute Gasteiger partial charge is 0.372 e. The Bertz CT molecular complexity index is 334. The monoisotopic (exact) mass is 277 g/mol. The smallest absolute Gasteiger partial charge is 0.0764 e. The summed E-state index contributed by atoms with van der Waals surface area (Å²) in [4.78, 5) is 0. The van der Waals surface area contributed by atoms with Crippen molar-refractivity contribution >= 4 is 44.8 Å². The molecule has 0 atom stereocenters. The van der Waals surface area contributed by atoms with Crippen molar-refractivity contribution in [1.82, 2.24) is 0 Å². The van der Waals surface area contributed by atoms with E-state index in [4.69, 9.17) is 29.6 Å². The van der Waals surface area contributed by atoms with Crippen molar-refractivity contribution in [3.8, 4) is 12.3 Å². The van der Waals surface area contributed by atoms with Crippen molar-refractivity contribution in [2.45, 2.75) is 0 Å². The van der Waals surface area contributed by atoms with Crippen molar-refractivity contribution in [3.05, 3.63) is 26.7 Å². The van der Waals surface area contributed by atoms with Crippen LogP contribution in [0.15, 0.2) is 16.6 Å². The van der Waals surface area contributed by atoms with E-state index in [1.54, 1.807) is 12.1 Å². The summed E-state index contributed by atoms with van der Waals surface area (Å²) in [7, 11) is 0. The molecule has 0 aliphatic rings. The minimum Gasteiger partial charge on any atom is -0.372 e. The molecule has 0 amide bonds. The Labute approximate surface area is 95.5 Å². The summed E-state index contributed by atoms with van der Waals surface area (Å²) in [6.07, 6.45) is 5.10. The van der Waals surface area contributed by atoms with E-state index in [1.165, 1.54) is 0 Å². The first-order valence-electron chi connectivity index (χ1n) is 3.47. The van der Waals surface area contributed by atoms with Crippen LogP contribution >= 0.6 is 39.1 Å². The van der Waals surface area contributed by atoms with Gasteiger partial charge in [-0.2, -0.15) is 0 Å². The third kappa shape index (κ3) is 2.80. The fourth-order valence-corrected chi connectivity index (χ4v) is 2.19. The molecule has 0 heterocycles. The van der Waals surface area contributed by atoms with E-state index in [0.29, 0.717) is 22.3 Å². The molecular formula is C9H6BrCl2N. The molecule has 68 valence electrons. The van der Waals surface area contributed by atoms with Gasteiger partial charge in [0.05, 0.1) is 22.3 Å². The molecule has 1 N–H and O–H groups in total. The molecular weight excluding hydrogens is 273 g/mol. The second-order valence-corrected chi connectivity index (χ2v) is 4.03. The van der Waals surface area contributed by atoms with Crippen LogP contribution in [0.3, 0.4) is 0 Å². The fourth-order valence-electron chi connectivity index (χ4n) is 0.851. The number of nitrogens with one attached hydrogen (secondary N) is 1. The molecule has 0 fully saturated rings. The summed E-state index contributed by atoms with van der Waals surface area (Å²) in [5.74, 6) is 2.45. The molecule has 0 aliphatic heterocycles. The Morgan fingerprint density at radius 2 is 1.92 bits per heavy atom. The highest BCUT2D eigenvalue weighted by Gasteiger charge is 2.05. The van der Waals surface area contributed by atoms with Crippen LogP contribution in [0.1, 0.15) is 0 Å². The molecule has 1 aromatic carbocycles. The fraction of sp³-hybridized carbons (Fsp3) is 0.111. The van der Waals surface area contributed by atoms with E-state index in [-0.39, 0.29) is 0 Å². The lowest BCUT2D eigenvalue weighted by Crippen LogP contribution is -1.99. The third-order valence-corrected chi connectivity index (χ3v) is 2.43. The van der Waals surface area contributed by atoms with E-state index in [0.717, 1.165) is 4.47 Å². The average molecular weight is 279 g/mol. The Morgan fingerprint density at radius 1 is 1.38 bits per heavy atom. The van der Waals surface area contributed by atoms with Crippen LogP contribution in [-0.2, 0) is 0 Å². The molecule has 0 saturated carbocycles. The standard InChI is InChI=1S/C9H6BrCl2N/c1-2-3-13-9-7(11)4-6(10)5-8(9)12/h1,4-5,13H,3H2. The maximum Gasteiger partial charge on any atom is 0.0764 e. The summed E-state index contributed by atoms with van der Waals surface area (Å²) < 4.78 is 0.841. The molecule has 13 heavy (non-hydrogen) atoms. The minimum absolute atomic E-state index is 0.404. The van der Waals surface area contributed by atoms with Crippen molar-refractivity contribution in [2.24, 2.45) is 0 Å². The van der Waals surface area contributed by atoms with Crippen LogP contribution < -0.4 is 5.32 Å². The van der Waals surface area contributed by atoms with Gasteiger partial charge in [0.15, 0.2) is 0 Å². The van der Waals surface area contributed by atoms with Crippen LogP contribution in [0.5, 0.6) is 0 Å². The first-order valence-corrected chi connectivity index (χ1v) is 5.02. The molecule has 0 radical (unpaired) electrons. The molecule has 0 aromatic heterocycles. The minimum atomic E-state index is 0.404. The van der Waals surface area contributed by atoms with Crippen molar-refractivity contribution < 1.29 is 0 Å². The average Bonchev–Trinajstić information content (AvgIpc) is 2.02. The third-order valence-electron chi connectivity index (χ3n) is 1.37. The van der Waals surface area contributed by atoms with Gasteiger partial charge in [0.25, 0.3) is 0 Å². The Balaban J connectivity index is 3.00. The molecule has 0 spiro atoms. The van der Waals surface area contributed by atoms with Crippen LogP contribution in [-0.4, -0.2) is 6.54 Å². The SMILES string of the molecule is C#CCNc1c(Cl)cc(Br)cc1Cl. The predicted octanol–water partition coefficient (Wildman–Crippen LogP) is 3.80. The Hall–Kier alpha value is -0.360. The molecule has 0 bridgehead atoms. The first kappa shape index (κ1) is 10.7. The van der Waals surface area contributed by atoms with Gasteiger partial charge in [-0.3, -0.25) is 0 Å². The second-order valence-electron chi connectivity index (χ2n) is 2.30. The van der Waals surface area contributed by atoms with Gasteiger partial charge in [-0.05, 0) is 12.1 Å². The van der Waals surface area contributed by atoms with Gasteiger partial charge in [-0.1, -0.05) is 45.1 Å². The number of hydrogen-bond acceptors (Lipinski definition) is 1. The van der Waals surface area contributed by atoms with Crippen molar-refractivity contribution in [2.75, 3.05) is 11.9 Å². The zero-order chi connectivity index (χ0) is 9.84. The van der Waals surface area contributed by atoms with Gasteiger partial charge in [0, 0.05) is 4.47 Å². The lowest BCUT2D eigenvalue weighted by atomic mass is 10.3. The summed E-state index contributed by atoms with van der Waals surface area (Å²) >= 11 is 15.1. The van der Waals surface area contributed by atoms with Crippen LogP contribution in [0, 0.1) is 12.3 Å². The zero-order valence-corrected chi connectivity index (χ0v) is 9.67. The van der Waals surface area contributed by atoms with Gasteiger partial charge in [0.1, 0.15) is 0 Å². The number of hydrogen-bond donors (Lipinski definition) is 1. The maximum atomic E-state index is 5.92. The van der Waals surface area contributed by atoms with Crippen LogP contribution in [0.2, 0.25) is 10.0 Å². The van der Waals surface area contributed by atoms with E-state index < -0.39 is 0 Å². The number of halogens is 3. The topological polar surface area (TPSA) is 12.0 Å². The van der Waals surface area contributed by atoms with Crippen molar-refractivity contribution in [3.63, 3.8) is 0 Å². The number of anilines is 1. The normalized spacial score (nSPS) is 9.38. The molecule has 1 rings (SSSR count). The highest BCUT2D eigenvalue weighted by molar-refractivity contribution is 9.10. The van der Waals surface area contributed by atoms with E-state index >= 15 is 0 Å². The molecule has 0 aliphatic carbocycles. The number of rotatable bonds is 2. The Morgan fingerprint density at radius 3 is 2.38 bits per heavy atom. The number of benzene rings is 1. The zero-order valence-electron chi connectivity index (χ0n) is 6.57. The summed E-state index contributed by atoms with van der Waals surface area (Å²) in [6, 6.07) is 3.51. The quantitative estimate of drug-likeness (QED) is 0.812. The van der Waals surface area contributed by atoms with E-state index in [9.17, 15) is 0 Å². The highest BCUT2D eigenvalue weighted by atomic mass is 79.9. The lowest BCUT2D eigenvalue weighted by molar-refractivity contribution is 1.38. The van der Waals surface area contributed by atoms with Gasteiger partial charge < -0.3 is 5.32 Å².